The number of methoxy groups -OCH3 is 1. The summed E-state index contributed by atoms with van der Waals surface area (Å²) in [5.41, 5.74) is 2.42. The van der Waals surface area contributed by atoms with Crippen molar-refractivity contribution in [2.75, 3.05) is 25.6 Å². The first kappa shape index (κ1) is 19.1. The zero-order chi connectivity index (χ0) is 19.2. The summed E-state index contributed by atoms with van der Waals surface area (Å²) in [5, 5.41) is 6.44. The number of urea groups is 1. The Balaban J connectivity index is 1.59. The minimum atomic E-state index is -0.527. The summed E-state index contributed by atoms with van der Waals surface area (Å²) in [6, 6.07) is 7.56. The van der Waals surface area contributed by atoms with Crippen LogP contribution in [0, 0.1) is 5.82 Å². The van der Waals surface area contributed by atoms with E-state index in [4.69, 9.17) is 16.3 Å². The van der Waals surface area contributed by atoms with Gasteiger partial charge in [0.25, 0.3) is 0 Å². The highest BCUT2D eigenvalue weighted by atomic mass is 35.5. The Bertz CT molecular complexity index is 945. The maximum absolute atomic E-state index is 13.2. The van der Waals surface area contributed by atoms with Crippen molar-refractivity contribution in [3.63, 3.8) is 0 Å². The van der Waals surface area contributed by atoms with Crippen molar-refractivity contribution in [3.8, 4) is 0 Å². The molecule has 0 atom stereocenters. The molecular weight excluding hydrogens is 371 g/mol. The second-order valence-electron chi connectivity index (χ2n) is 5.97. The molecule has 0 fully saturated rings. The summed E-state index contributed by atoms with van der Waals surface area (Å²) in [6.07, 6.45) is 4.45. The molecule has 2 heterocycles. The van der Waals surface area contributed by atoms with E-state index >= 15 is 0 Å². The molecule has 2 N–H and O–H groups in total. The first-order valence-electron chi connectivity index (χ1n) is 8.50. The number of nitrogens with one attached hydrogen (secondary N) is 2. The fourth-order valence-electron chi connectivity index (χ4n) is 2.81. The lowest BCUT2D eigenvalue weighted by Gasteiger charge is -2.08. The molecule has 0 aliphatic rings. The van der Waals surface area contributed by atoms with E-state index < -0.39 is 5.82 Å². The van der Waals surface area contributed by atoms with Gasteiger partial charge in [-0.25, -0.2) is 14.2 Å². The van der Waals surface area contributed by atoms with Crippen molar-refractivity contribution >= 4 is 34.4 Å². The number of pyridine rings is 1. The summed E-state index contributed by atoms with van der Waals surface area (Å²) in [7, 11) is 1.66. The molecule has 1 aromatic carbocycles. The van der Waals surface area contributed by atoms with E-state index in [2.05, 4.69) is 20.2 Å². The number of amides is 2. The zero-order valence-corrected chi connectivity index (χ0v) is 15.6. The SMILES string of the molecule is COCCn1cc(CCNC(=O)Nc2ccc(F)c(Cl)c2)c2cccnc21. The van der Waals surface area contributed by atoms with Gasteiger partial charge in [0.05, 0.1) is 11.6 Å². The number of fused-ring (bicyclic) bond motifs is 1. The highest BCUT2D eigenvalue weighted by Gasteiger charge is 2.10. The van der Waals surface area contributed by atoms with E-state index in [0.717, 1.165) is 16.6 Å². The number of carbonyl (C=O) groups excluding carboxylic acids is 1. The summed E-state index contributed by atoms with van der Waals surface area (Å²) in [4.78, 5) is 16.4. The summed E-state index contributed by atoms with van der Waals surface area (Å²) in [5.74, 6) is -0.527. The second kappa shape index (κ2) is 8.83. The molecule has 142 valence electrons. The molecule has 0 saturated carbocycles. The van der Waals surface area contributed by atoms with Gasteiger partial charge in [0.1, 0.15) is 11.5 Å². The smallest absolute Gasteiger partial charge is 0.319 e. The number of halogens is 2. The summed E-state index contributed by atoms with van der Waals surface area (Å²) >= 11 is 5.71. The van der Waals surface area contributed by atoms with Gasteiger partial charge in [0, 0.05) is 43.7 Å². The highest BCUT2D eigenvalue weighted by Crippen LogP contribution is 2.20. The number of carbonyl (C=O) groups is 1. The number of aromatic nitrogens is 2. The number of anilines is 1. The standard InChI is InChI=1S/C19H20ClFN4O2/c1-27-10-9-25-12-13(15-3-2-7-22-18(15)25)6-8-23-19(26)24-14-4-5-17(21)16(20)11-14/h2-5,7,11-12H,6,8-10H2,1H3,(H2,23,24,26). The fraction of sp³-hybridized carbons (Fsp3) is 0.263. The minimum Gasteiger partial charge on any atom is -0.383 e. The Hall–Kier alpha value is -2.64. The van der Waals surface area contributed by atoms with Crippen molar-refractivity contribution in [3.05, 3.63) is 59.1 Å². The van der Waals surface area contributed by atoms with Crippen molar-refractivity contribution in [2.45, 2.75) is 13.0 Å². The Morgan fingerprint density at radius 2 is 2.22 bits per heavy atom. The average molecular weight is 391 g/mol. The number of nitrogens with zero attached hydrogens (tertiary/aromatic N) is 2. The Morgan fingerprint density at radius 1 is 1.37 bits per heavy atom. The molecule has 2 amide bonds. The quantitative estimate of drug-likeness (QED) is 0.644. The van der Waals surface area contributed by atoms with Crippen molar-refractivity contribution in [2.24, 2.45) is 0 Å². The predicted octanol–water partition coefficient (Wildman–Crippen LogP) is 3.84. The van der Waals surface area contributed by atoms with E-state index in [-0.39, 0.29) is 11.1 Å². The third kappa shape index (κ3) is 4.75. The number of hydrogen-bond donors (Lipinski definition) is 2. The number of hydrogen-bond acceptors (Lipinski definition) is 3. The Morgan fingerprint density at radius 3 is 3.00 bits per heavy atom. The van der Waals surface area contributed by atoms with Crippen LogP contribution in [0.25, 0.3) is 11.0 Å². The molecular formula is C19H20ClFN4O2. The van der Waals surface area contributed by atoms with Crippen LogP contribution in [0.1, 0.15) is 5.56 Å². The van der Waals surface area contributed by atoms with Crippen molar-refractivity contribution < 1.29 is 13.9 Å². The van der Waals surface area contributed by atoms with E-state index in [1.165, 1.54) is 18.2 Å². The predicted molar refractivity (Wildman–Crippen MR) is 104 cm³/mol. The molecule has 0 aliphatic carbocycles. The van der Waals surface area contributed by atoms with Gasteiger partial charge in [-0.3, -0.25) is 0 Å². The van der Waals surface area contributed by atoms with Gasteiger partial charge < -0.3 is 19.9 Å². The molecule has 0 saturated heterocycles. The van der Waals surface area contributed by atoms with Crippen LogP contribution in [0.4, 0.5) is 14.9 Å². The first-order valence-corrected chi connectivity index (χ1v) is 8.88. The van der Waals surface area contributed by atoms with Gasteiger partial charge in [0.15, 0.2) is 0 Å². The van der Waals surface area contributed by atoms with Gasteiger partial charge >= 0.3 is 6.03 Å². The minimum absolute atomic E-state index is 0.0378. The molecule has 27 heavy (non-hydrogen) atoms. The second-order valence-corrected chi connectivity index (χ2v) is 6.38. The summed E-state index contributed by atoms with van der Waals surface area (Å²) < 4.78 is 20.4. The van der Waals surface area contributed by atoms with E-state index in [1.54, 1.807) is 13.3 Å². The largest absolute Gasteiger partial charge is 0.383 e. The molecule has 8 heteroatoms. The van der Waals surface area contributed by atoms with Crippen molar-refractivity contribution in [1.82, 2.24) is 14.9 Å². The molecule has 6 nitrogen and oxygen atoms in total. The fourth-order valence-corrected chi connectivity index (χ4v) is 3.00. The van der Waals surface area contributed by atoms with Crippen LogP contribution in [0.5, 0.6) is 0 Å². The maximum atomic E-state index is 13.2. The summed E-state index contributed by atoms with van der Waals surface area (Å²) in [6.45, 7) is 1.75. The number of ether oxygens (including phenoxy) is 1. The molecule has 0 bridgehead atoms. The maximum Gasteiger partial charge on any atom is 0.319 e. The van der Waals surface area contributed by atoms with Gasteiger partial charge in [0.2, 0.25) is 0 Å². The van der Waals surface area contributed by atoms with Crippen LogP contribution >= 0.6 is 11.6 Å². The zero-order valence-electron chi connectivity index (χ0n) is 14.8. The molecule has 0 aliphatic heterocycles. The van der Waals surface area contributed by atoms with Gasteiger partial charge in [-0.1, -0.05) is 11.6 Å². The lowest BCUT2D eigenvalue weighted by molar-refractivity contribution is 0.188. The van der Waals surface area contributed by atoms with Crippen LogP contribution in [0.15, 0.2) is 42.7 Å². The van der Waals surface area contributed by atoms with Gasteiger partial charge in [-0.15, -0.1) is 0 Å². The third-order valence-corrected chi connectivity index (χ3v) is 4.40. The lowest BCUT2D eigenvalue weighted by Crippen LogP contribution is -2.30. The molecule has 3 rings (SSSR count). The van der Waals surface area contributed by atoms with Gasteiger partial charge in [-0.05, 0) is 42.3 Å². The van der Waals surface area contributed by atoms with Crippen LogP contribution in [-0.4, -0.2) is 35.8 Å². The molecule has 0 unspecified atom stereocenters. The first-order chi connectivity index (χ1) is 13.1. The highest BCUT2D eigenvalue weighted by molar-refractivity contribution is 6.31. The monoisotopic (exact) mass is 390 g/mol. The average Bonchev–Trinajstić information content (AvgIpc) is 3.01. The molecule has 2 aromatic heterocycles. The van der Waals surface area contributed by atoms with E-state index in [9.17, 15) is 9.18 Å². The van der Waals surface area contributed by atoms with Crippen LogP contribution < -0.4 is 10.6 Å². The molecule has 0 radical (unpaired) electrons. The Labute approximate surface area is 161 Å². The molecule has 3 aromatic rings. The lowest BCUT2D eigenvalue weighted by atomic mass is 10.1. The van der Waals surface area contributed by atoms with Crippen LogP contribution in [-0.2, 0) is 17.7 Å². The van der Waals surface area contributed by atoms with E-state index in [0.29, 0.717) is 31.8 Å². The van der Waals surface area contributed by atoms with Crippen molar-refractivity contribution in [1.29, 1.82) is 0 Å². The van der Waals surface area contributed by atoms with E-state index in [1.807, 2.05) is 18.3 Å². The number of rotatable bonds is 7. The Kier molecular flexibility index (Phi) is 6.26. The topological polar surface area (TPSA) is 68.2 Å². The van der Waals surface area contributed by atoms with Gasteiger partial charge in [-0.2, -0.15) is 0 Å². The normalized spacial score (nSPS) is 10.9. The molecule has 0 spiro atoms. The number of benzene rings is 1. The van der Waals surface area contributed by atoms with Crippen LogP contribution in [0.3, 0.4) is 0 Å². The van der Waals surface area contributed by atoms with Crippen LogP contribution in [0.2, 0.25) is 5.02 Å². The third-order valence-electron chi connectivity index (χ3n) is 4.11.